The van der Waals surface area contributed by atoms with Crippen LogP contribution < -0.4 is 5.32 Å². The molecule has 0 aliphatic heterocycles. The SMILES string of the molecule is CCCCC(Cc1cc(C)cc(C)c1)NCC. The number of rotatable bonds is 7. The molecule has 17 heavy (non-hydrogen) atoms. The molecule has 0 saturated carbocycles. The van der Waals surface area contributed by atoms with E-state index in [9.17, 15) is 0 Å². The third-order valence-electron chi connectivity index (χ3n) is 3.16. The minimum Gasteiger partial charge on any atom is -0.314 e. The highest BCUT2D eigenvalue weighted by atomic mass is 14.9. The zero-order valence-electron chi connectivity index (χ0n) is 11.8. The van der Waals surface area contributed by atoms with Gasteiger partial charge in [0, 0.05) is 6.04 Å². The van der Waals surface area contributed by atoms with Crippen LogP contribution in [0.5, 0.6) is 0 Å². The minimum atomic E-state index is 0.640. The van der Waals surface area contributed by atoms with Gasteiger partial charge in [-0.05, 0) is 38.8 Å². The van der Waals surface area contributed by atoms with Gasteiger partial charge >= 0.3 is 0 Å². The molecule has 1 rings (SSSR count). The van der Waals surface area contributed by atoms with Crippen LogP contribution in [-0.2, 0) is 6.42 Å². The second-order valence-electron chi connectivity index (χ2n) is 5.10. The molecular formula is C16H27N. The second kappa shape index (κ2) is 7.50. The van der Waals surface area contributed by atoms with Gasteiger partial charge in [-0.2, -0.15) is 0 Å². The Balaban J connectivity index is 2.63. The molecule has 1 aromatic carbocycles. The quantitative estimate of drug-likeness (QED) is 0.750. The van der Waals surface area contributed by atoms with Gasteiger partial charge in [-0.1, -0.05) is 56.0 Å². The van der Waals surface area contributed by atoms with Crippen molar-refractivity contribution in [3.8, 4) is 0 Å². The van der Waals surface area contributed by atoms with E-state index in [1.54, 1.807) is 0 Å². The number of likely N-dealkylation sites (N-methyl/N-ethyl adjacent to an activating group) is 1. The van der Waals surface area contributed by atoms with Gasteiger partial charge in [0.15, 0.2) is 0 Å². The Bertz CT molecular complexity index is 310. The molecule has 1 heteroatoms. The molecule has 0 aliphatic carbocycles. The zero-order valence-corrected chi connectivity index (χ0v) is 11.8. The van der Waals surface area contributed by atoms with Crippen LogP contribution in [0.3, 0.4) is 0 Å². The van der Waals surface area contributed by atoms with Crippen LogP contribution in [0, 0.1) is 13.8 Å². The van der Waals surface area contributed by atoms with Crippen molar-refractivity contribution in [2.45, 2.75) is 59.4 Å². The number of hydrogen-bond donors (Lipinski definition) is 1. The Morgan fingerprint density at radius 1 is 1.06 bits per heavy atom. The van der Waals surface area contributed by atoms with Crippen LogP contribution in [0.25, 0.3) is 0 Å². The highest BCUT2D eigenvalue weighted by Gasteiger charge is 2.08. The lowest BCUT2D eigenvalue weighted by Gasteiger charge is -2.18. The first-order valence-electron chi connectivity index (χ1n) is 6.96. The molecule has 0 fully saturated rings. The molecular weight excluding hydrogens is 206 g/mol. The maximum Gasteiger partial charge on any atom is 0.0107 e. The highest BCUT2D eigenvalue weighted by molar-refractivity contribution is 5.29. The average molecular weight is 233 g/mol. The average Bonchev–Trinajstić information content (AvgIpc) is 2.24. The van der Waals surface area contributed by atoms with Crippen molar-refractivity contribution in [3.05, 3.63) is 34.9 Å². The van der Waals surface area contributed by atoms with E-state index in [4.69, 9.17) is 0 Å². The van der Waals surface area contributed by atoms with Crippen molar-refractivity contribution in [3.63, 3.8) is 0 Å². The number of unbranched alkanes of at least 4 members (excludes halogenated alkanes) is 1. The van der Waals surface area contributed by atoms with E-state index in [1.165, 1.54) is 36.0 Å². The van der Waals surface area contributed by atoms with Gasteiger partial charge in [0.1, 0.15) is 0 Å². The molecule has 0 saturated heterocycles. The molecule has 0 aliphatic rings. The van der Waals surface area contributed by atoms with Crippen molar-refractivity contribution in [2.24, 2.45) is 0 Å². The van der Waals surface area contributed by atoms with Crippen LogP contribution in [-0.4, -0.2) is 12.6 Å². The smallest absolute Gasteiger partial charge is 0.0107 e. The van der Waals surface area contributed by atoms with E-state index in [0.29, 0.717) is 6.04 Å². The lowest BCUT2D eigenvalue weighted by Crippen LogP contribution is -2.30. The molecule has 1 atom stereocenters. The lowest BCUT2D eigenvalue weighted by atomic mass is 9.98. The summed E-state index contributed by atoms with van der Waals surface area (Å²) in [6, 6.07) is 7.53. The maximum absolute atomic E-state index is 3.60. The molecule has 1 nitrogen and oxygen atoms in total. The van der Waals surface area contributed by atoms with Crippen molar-refractivity contribution >= 4 is 0 Å². The predicted octanol–water partition coefficient (Wildman–Crippen LogP) is 4.01. The van der Waals surface area contributed by atoms with Crippen molar-refractivity contribution in [2.75, 3.05) is 6.54 Å². The number of aryl methyl sites for hydroxylation is 2. The van der Waals surface area contributed by atoms with Gasteiger partial charge in [-0.3, -0.25) is 0 Å². The molecule has 0 heterocycles. The first-order chi connectivity index (χ1) is 8.15. The summed E-state index contributed by atoms with van der Waals surface area (Å²) >= 11 is 0. The monoisotopic (exact) mass is 233 g/mol. The Kier molecular flexibility index (Phi) is 6.28. The van der Waals surface area contributed by atoms with E-state index in [0.717, 1.165) is 13.0 Å². The molecule has 1 aromatic rings. The van der Waals surface area contributed by atoms with E-state index in [2.05, 4.69) is 51.2 Å². The van der Waals surface area contributed by atoms with Gasteiger partial charge in [-0.15, -0.1) is 0 Å². The van der Waals surface area contributed by atoms with Crippen molar-refractivity contribution in [1.82, 2.24) is 5.32 Å². The minimum absolute atomic E-state index is 0.640. The van der Waals surface area contributed by atoms with Gasteiger partial charge in [0.05, 0.1) is 0 Å². The standard InChI is InChI=1S/C16H27N/c1-5-7-8-16(17-6-2)12-15-10-13(3)9-14(4)11-15/h9-11,16-17H,5-8,12H2,1-4H3. The number of hydrogen-bond acceptors (Lipinski definition) is 1. The van der Waals surface area contributed by atoms with Crippen LogP contribution in [0.1, 0.15) is 49.8 Å². The molecule has 0 radical (unpaired) electrons. The predicted molar refractivity (Wildman–Crippen MR) is 76.6 cm³/mol. The summed E-state index contributed by atoms with van der Waals surface area (Å²) in [5.41, 5.74) is 4.24. The molecule has 96 valence electrons. The summed E-state index contributed by atoms with van der Waals surface area (Å²) in [5, 5.41) is 3.60. The molecule has 0 bridgehead atoms. The lowest BCUT2D eigenvalue weighted by molar-refractivity contribution is 0.473. The van der Waals surface area contributed by atoms with Gasteiger partial charge < -0.3 is 5.32 Å². The first kappa shape index (κ1) is 14.2. The summed E-state index contributed by atoms with van der Waals surface area (Å²) in [6.45, 7) is 9.90. The van der Waals surface area contributed by atoms with Crippen LogP contribution in [0.2, 0.25) is 0 Å². The fourth-order valence-corrected chi connectivity index (χ4v) is 2.49. The summed E-state index contributed by atoms with van der Waals surface area (Å²) in [6.07, 6.45) is 5.06. The van der Waals surface area contributed by atoms with E-state index >= 15 is 0 Å². The Morgan fingerprint density at radius 2 is 1.71 bits per heavy atom. The van der Waals surface area contributed by atoms with Gasteiger partial charge in [0.2, 0.25) is 0 Å². The van der Waals surface area contributed by atoms with Crippen molar-refractivity contribution in [1.29, 1.82) is 0 Å². The largest absolute Gasteiger partial charge is 0.314 e. The third-order valence-corrected chi connectivity index (χ3v) is 3.16. The van der Waals surface area contributed by atoms with Crippen LogP contribution in [0.15, 0.2) is 18.2 Å². The normalized spacial score (nSPS) is 12.7. The second-order valence-corrected chi connectivity index (χ2v) is 5.10. The first-order valence-corrected chi connectivity index (χ1v) is 6.96. The summed E-state index contributed by atoms with van der Waals surface area (Å²) in [4.78, 5) is 0. The zero-order chi connectivity index (χ0) is 12.7. The molecule has 0 amide bonds. The number of benzene rings is 1. The van der Waals surface area contributed by atoms with Gasteiger partial charge in [0.25, 0.3) is 0 Å². The maximum atomic E-state index is 3.60. The molecule has 0 spiro atoms. The van der Waals surface area contributed by atoms with E-state index in [-0.39, 0.29) is 0 Å². The van der Waals surface area contributed by atoms with E-state index in [1.807, 2.05) is 0 Å². The van der Waals surface area contributed by atoms with Crippen LogP contribution in [0.4, 0.5) is 0 Å². The van der Waals surface area contributed by atoms with E-state index < -0.39 is 0 Å². The number of nitrogens with one attached hydrogen (secondary N) is 1. The van der Waals surface area contributed by atoms with Gasteiger partial charge in [-0.25, -0.2) is 0 Å². The Morgan fingerprint density at radius 3 is 2.24 bits per heavy atom. The summed E-state index contributed by atoms with van der Waals surface area (Å²) in [7, 11) is 0. The highest BCUT2D eigenvalue weighted by Crippen LogP contribution is 2.13. The third kappa shape index (κ3) is 5.36. The summed E-state index contributed by atoms with van der Waals surface area (Å²) in [5.74, 6) is 0. The fourth-order valence-electron chi connectivity index (χ4n) is 2.49. The fraction of sp³-hybridized carbons (Fsp3) is 0.625. The topological polar surface area (TPSA) is 12.0 Å². The molecule has 0 aromatic heterocycles. The molecule has 1 N–H and O–H groups in total. The summed E-state index contributed by atoms with van der Waals surface area (Å²) < 4.78 is 0. The van der Waals surface area contributed by atoms with Crippen LogP contribution >= 0.6 is 0 Å². The molecule has 1 unspecified atom stereocenters. The Labute approximate surface area is 107 Å². The Hall–Kier alpha value is -0.820. The van der Waals surface area contributed by atoms with Crippen molar-refractivity contribution < 1.29 is 0 Å².